The third-order valence-electron chi connectivity index (χ3n) is 5.34. The molecular formula is C18H23N5O4S2. The standard InChI is InChI=1S/C18H23N5O4S2/c1-21-12-13(11-19-21)22-9-7-14(18(22)25)20-17(24)15-5-2-3-8-23(15)29(26,27)16-6-4-10-28-16/h4,6,10-12,14-15H,2-3,5,7-9H2,1H3,(H,20,24). The molecule has 0 aliphatic carbocycles. The van der Waals surface area contributed by atoms with Crippen LogP contribution in [0.2, 0.25) is 0 Å². The van der Waals surface area contributed by atoms with E-state index in [0.29, 0.717) is 38.0 Å². The number of thiophene rings is 1. The minimum atomic E-state index is -3.73. The van der Waals surface area contributed by atoms with Crippen LogP contribution in [0.4, 0.5) is 5.69 Å². The highest BCUT2D eigenvalue weighted by atomic mass is 32.2. The van der Waals surface area contributed by atoms with Crippen molar-refractivity contribution in [2.24, 2.45) is 7.05 Å². The number of piperidine rings is 1. The van der Waals surface area contributed by atoms with Gasteiger partial charge in [-0.05, 0) is 30.7 Å². The van der Waals surface area contributed by atoms with Crippen LogP contribution in [-0.2, 0) is 26.7 Å². The Bertz CT molecular complexity index is 1000. The number of rotatable bonds is 5. The van der Waals surface area contributed by atoms with E-state index < -0.39 is 28.0 Å². The maximum atomic E-state index is 13.0. The fraction of sp³-hybridized carbons (Fsp3) is 0.500. The van der Waals surface area contributed by atoms with E-state index in [9.17, 15) is 18.0 Å². The lowest BCUT2D eigenvalue weighted by molar-refractivity contribution is -0.129. The molecule has 1 N–H and O–H groups in total. The second kappa shape index (κ2) is 7.88. The fourth-order valence-electron chi connectivity index (χ4n) is 3.87. The molecule has 2 saturated heterocycles. The quantitative estimate of drug-likeness (QED) is 0.750. The Balaban J connectivity index is 1.48. The molecule has 4 rings (SSSR count). The van der Waals surface area contributed by atoms with Crippen molar-refractivity contribution in [2.75, 3.05) is 18.0 Å². The first-order valence-electron chi connectivity index (χ1n) is 9.53. The van der Waals surface area contributed by atoms with E-state index in [1.54, 1.807) is 46.5 Å². The first-order chi connectivity index (χ1) is 13.9. The molecule has 0 saturated carbocycles. The van der Waals surface area contributed by atoms with Gasteiger partial charge in [0.25, 0.3) is 10.0 Å². The summed E-state index contributed by atoms with van der Waals surface area (Å²) in [4.78, 5) is 27.3. The minimum absolute atomic E-state index is 0.199. The van der Waals surface area contributed by atoms with Crippen LogP contribution in [0, 0.1) is 0 Å². The first-order valence-corrected chi connectivity index (χ1v) is 11.9. The average molecular weight is 438 g/mol. The average Bonchev–Trinajstić information content (AvgIpc) is 3.45. The summed E-state index contributed by atoms with van der Waals surface area (Å²) < 4.78 is 29.1. The SMILES string of the molecule is Cn1cc(N2CCC(NC(=O)C3CCCCN3S(=O)(=O)c3cccs3)C2=O)cn1. The van der Waals surface area contributed by atoms with Crippen LogP contribution in [0.1, 0.15) is 25.7 Å². The third kappa shape index (κ3) is 3.81. The van der Waals surface area contributed by atoms with Crippen LogP contribution in [0.25, 0.3) is 0 Å². The summed E-state index contributed by atoms with van der Waals surface area (Å²) in [6, 6.07) is 1.78. The number of aromatic nitrogens is 2. The summed E-state index contributed by atoms with van der Waals surface area (Å²) in [7, 11) is -1.95. The number of amides is 2. The van der Waals surface area contributed by atoms with Crippen LogP contribution in [-0.4, -0.2) is 59.5 Å². The minimum Gasteiger partial charge on any atom is -0.343 e. The number of anilines is 1. The molecule has 9 nitrogen and oxygen atoms in total. The zero-order chi connectivity index (χ0) is 20.6. The van der Waals surface area contributed by atoms with Gasteiger partial charge >= 0.3 is 0 Å². The van der Waals surface area contributed by atoms with Crippen molar-refractivity contribution in [1.29, 1.82) is 0 Å². The van der Waals surface area contributed by atoms with Crippen LogP contribution < -0.4 is 10.2 Å². The number of nitrogens with one attached hydrogen (secondary N) is 1. The number of nitrogens with zero attached hydrogens (tertiary/aromatic N) is 4. The Labute approximate surface area is 173 Å². The molecule has 11 heteroatoms. The fourth-order valence-corrected chi connectivity index (χ4v) is 6.64. The molecule has 2 unspecified atom stereocenters. The summed E-state index contributed by atoms with van der Waals surface area (Å²) in [6.07, 6.45) is 5.77. The van der Waals surface area contributed by atoms with Crippen molar-refractivity contribution >= 4 is 38.9 Å². The van der Waals surface area contributed by atoms with E-state index in [-0.39, 0.29) is 10.1 Å². The van der Waals surface area contributed by atoms with Crippen molar-refractivity contribution in [3.05, 3.63) is 29.9 Å². The van der Waals surface area contributed by atoms with E-state index in [2.05, 4.69) is 10.4 Å². The molecule has 2 atom stereocenters. The number of hydrogen-bond donors (Lipinski definition) is 1. The maximum Gasteiger partial charge on any atom is 0.253 e. The topological polar surface area (TPSA) is 105 Å². The molecule has 0 aromatic carbocycles. The van der Waals surface area contributed by atoms with Crippen molar-refractivity contribution in [1.82, 2.24) is 19.4 Å². The third-order valence-corrected chi connectivity index (χ3v) is 8.62. The van der Waals surface area contributed by atoms with Gasteiger partial charge < -0.3 is 10.2 Å². The van der Waals surface area contributed by atoms with Gasteiger partial charge in [0.15, 0.2) is 0 Å². The molecule has 2 fully saturated rings. The van der Waals surface area contributed by atoms with Gasteiger partial charge in [-0.3, -0.25) is 14.3 Å². The molecule has 0 bridgehead atoms. The van der Waals surface area contributed by atoms with Crippen LogP contribution in [0.15, 0.2) is 34.1 Å². The second-order valence-electron chi connectivity index (χ2n) is 7.27. The first kappa shape index (κ1) is 20.0. The zero-order valence-corrected chi connectivity index (χ0v) is 17.7. The predicted molar refractivity (Wildman–Crippen MR) is 108 cm³/mol. The van der Waals surface area contributed by atoms with Gasteiger partial charge in [-0.1, -0.05) is 12.5 Å². The largest absolute Gasteiger partial charge is 0.343 e. The van der Waals surface area contributed by atoms with Gasteiger partial charge in [0.05, 0.1) is 11.9 Å². The van der Waals surface area contributed by atoms with Gasteiger partial charge in [-0.2, -0.15) is 9.40 Å². The predicted octanol–water partition coefficient (Wildman–Crippen LogP) is 0.946. The zero-order valence-electron chi connectivity index (χ0n) is 16.0. The Morgan fingerprint density at radius 2 is 2.10 bits per heavy atom. The molecule has 2 aromatic heterocycles. The smallest absolute Gasteiger partial charge is 0.253 e. The highest BCUT2D eigenvalue weighted by Crippen LogP contribution is 2.28. The summed E-state index contributed by atoms with van der Waals surface area (Å²) in [6.45, 7) is 0.788. The summed E-state index contributed by atoms with van der Waals surface area (Å²) in [5, 5.41) is 8.58. The Hall–Kier alpha value is -2.24. The number of aryl methyl sites for hydroxylation is 1. The van der Waals surface area contributed by atoms with Crippen LogP contribution >= 0.6 is 11.3 Å². The number of hydrogen-bond acceptors (Lipinski definition) is 6. The van der Waals surface area contributed by atoms with Gasteiger partial charge in [-0.15, -0.1) is 11.3 Å². The van der Waals surface area contributed by atoms with Crippen molar-refractivity contribution in [2.45, 2.75) is 42.0 Å². The molecule has 0 radical (unpaired) electrons. The normalized spacial score (nSPS) is 23.5. The molecular weight excluding hydrogens is 414 g/mol. The number of carbonyl (C=O) groups excluding carboxylic acids is 2. The number of carbonyl (C=O) groups is 2. The molecule has 156 valence electrons. The van der Waals surface area contributed by atoms with E-state index in [0.717, 1.165) is 17.8 Å². The van der Waals surface area contributed by atoms with E-state index >= 15 is 0 Å². The van der Waals surface area contributed by atoms with Gasteiger partial charge in [0.2, 0.25) is 11.8 Å². The maximum absolute atomic E-state index is 13.0. The van der Waals surface area contributed by atoms with E-state index in [1.807, 2.05) is 0 Å². The van der Waals surface area contributed by atoms with Crippen LogP contribution in [0.5, 0.6) is 0 Å². The Kier molecular flexibility index (Phi) is 5.45. The van der Waals surface area contributed by atoms with Crippen molar-refractivity contribution < 1.29 is 18.0 Å². The highest BCUT2D eigenvalue weighted by molar-refractivity contribution is 7.91. The molecule has 2 aromatic rings. The molecule has 2 aliphatic heterocycles. The molecule has 0 spiro atoms. The van der Waals surface area contributed by atoms with Crippen molar-refractivity contribution in [3.8, 4) is 0 Å². The summed E-state index contributed by atoms with van der Waals surface area (Å²) in [5.74, 6) is -0.606. The van der Waals surface area contributed by atoms with E-state index in [4.69, 9.17) is 0 Å². The lowest BCUT2D eigenvalue weighted by Gasteiger charge is -2.33. The van der Waals surface area contributed by atoms with Gasteiger partial charge in [0, 0.05) is 26.3 Å². The molecule has 4 heterocycles. The summed E-state index contributed by atoms with van der Waals surface area (Å²) >= 11 is 1.14. The summed E-state index contributed by atoms with van der Waals surface area (Å²) in [5.41, 5.74) is 0.689. The lowest BCUT2D eigenvalue weighted by atomic mass is 10.0. The molecule has 29 heavy (non-hydrogen) atoms. The van der Waals surface area contributed by atoms with Crippen LogP contribution in [0.3, 0.4) is 0 Å². The second-order valence-corrected chi connectivity index (χ2v) is 10.3. The van der Waals surface area contributed by atoms with Gasteiger partial charge in [-0.25, -0.2) is 8.42 Å². The molecule has 2 amide bonds. The highest BCUT2D eigenvalue weighted by Gasteiger charge is 2.41. The Morgan fingerprint density at radius 1 is 1.28 bits per heavy atom. The molecule has 2 aliphatic rings. The van der Waals surface area contributed by atoms with Gasteiger partial charge in [0.1, 0.15) is 16.3 Å². The van der Waals surface area contributed by atoms with Crippen molar-refractivity contribution in [3.63, 3.8) is 0 Å². The number of sulfonamides is 1. The lowest BCUT2D eigenvalue weighted by Crippen LogP contribution is -2.54. The monoisotopic (exact) mass is 437 g/mol. The Morgan fingerprint density at radius 3 is 2.79 bits per heavy atom. The van der Waals surface area contributed by atoms with E-state index in [1.165, 1.54) is 4.31 Å².